The van der Waals surface area contributed by atoms with E-state index < -0.39 is 20.0 Å². The molecule has 34 heavy (non-hydrogen) atoms. The molecule has 2 aromatic rings. The summed E-state index contributed by atoms with van der Waals surface area (Å²) in [5.41, 5.74) is 0.993. The lowest BCUT2D eigenvalue weighted by molar-refractivity contribution is -0.126. The highest BCUT2D eigenvalue weighted by atomic mass is 32.2. The zero-order valence-corrected chi connectivity index (χ0v) is 21.2. The zero-order chi connectivity index (χ0) is 24.9. The minimum Gasteiger partial charge on any atom is -0.492 e. The van der Waals surface area contributed by atoms with E-state index in [0.29, 0.717) is 38.2 Å². The molecule has 9 nitrogen and oxygen atoms in total. The van der Waals surface area contributed by atoms with Gasteiger partial charge in [0.1, 0.15) is 12.4 Å². The molecule has 0 radical (unpaired) electrons. The van der Waals surface area contributed by atoms with Crippen molar-refractivity contribution in [1.82, 2.24) is 13.9 Å². The molecule has 0 bridgehead atoms. The van der Waals surface area contributed by atoms with E-state index in [4.69, 9.17) is 4.74 Å². The van der Waals surface area contributed by atoms with Crippen LogP contribution in [0.2, 0.25) is 0 Å². The summed E-state index contributed by atoms with van der Waals surface area (Å²) in [6.45, 7) is 3.02. The molecule has 1 amide bonds. The fraction of sp³-hybridized carbons (Fsp3) is 0.435. The molecule has 2 aromatic carbocycles. The summed E-state index contributed by atoms with van der Waals surface area (Å²) in [5.74, 6) is 0.130. The number of hydrogen-bond donors (Lipinski definition) is 1. The molecular formula is C23H31N3O6S2. The van der Waals surface area contributed by atoms with Gasteiger partial charge in [-0.1, -0.05) is 17.7 Å². The van der Waals surface area contributed by atoms with Crippen molar-refractivity contribution in [2.75, 3.05) is 40.3 Å². The molecule has 0 unspecified atom stereocenters. The van der Waals surface area contributed by atoms with Crippen LogP contribution < -0.4 is 10.1 Å². The molecule has 0 aromatic heterocycles. The summed E-state index contributed by atoms with van der Waals surface area (Å²) in [7, 11) is -4.11. The van der Waals surface area contributed by atoms with Crippen molar-refractivity contribution in [3.8, 4) is 5.75 Å². The summed E-state index contributed by atoms with van der Waals surface area (Å²) < 4.78 is 57.9. The predicted octanol–water partition coefficient (Wildman–Crippen LogP) is 1.84. The number of nitrogens with one attached hydrogen (secondary N) is 1. The molecule has 0 saturated carbocycles. The van der Waals surface area contributed by atoms with Crippen LogP contribution in [0.15, 0.2) is 58.3 Å². The van der Waals surface area contributed by atoms with Crippen molar-refractivity contribution in [2.45, 2.75) is 29.6 Å². The normalized spacial score (nSPS) is 15.9. The highest BCUT2D eigenvalue weighted by molar-refractivity contribution is 7.89. The quantitative estimate of drug-likeness (QED) is 0.516. The van der Waals surface area contributed by atoms with Crippen molar-refractivity contribution in [3.63, 3.8) is 0 Å². The second-order valence-corrected chi connectivity index (χ2v) is 12.5. The molecule has 3 rings (SSSR count). The van der Waals surface area contributed by atoms with E-state index in [1.165, 1.54) is 30.5 Å². The van der Waals surface area contributed by atoms with E-state index in [-0.39, 0.29) is 28.2 Å². The van der Waals surface area contributed by atoms with Crippen LogP contribution in [-0.2, 0) is 24.8 Å². The second kappa shape index (κ2) is 10.9. The number of piperidine rings is 1. The first-order chi connectivity index (χ1) is 16.0. The van der Waals surface area contributed by atoms with Crippen molar-refractivity contribution in [3.05, 3.63) is 54.1 Å². The van der Waals surface area contributed by atoms with Gasteiger partial charge in [-0.2, -0.15) is 4.31 Å². The molecule has 11 heteroatoms. The lowest BCUT2D eigenvalue weighted by Crippen LogP contribution is -2.43. The smallest absolute Gasteiger partial charge is 0.243 e. The van der Waals surface area contributed by atoms with Crippen molar-refractivity contribution in [1.29, 1.82) is 0 Å². The number of aryl methyl sites for hydroxylation is 1. The van der Waals surface area contributed by atoms with Gasteiger partial charge in [0.25, 0.3) is 0 Å². The summed E-state index contributed by atoms with van der Waals surface area (Å²) in [5, 5.41) is 2.83. The van der Waals surface area contributed by atoms with Crippen LogP contribution in [0.4, 0.5) is 0 Å². The maximum absolute atomic E-state index is 12.8. The van der Waals surface area contributed by atoms with Crippen molar-refractivity contribution < 1.29 is 26.4 Å². The third-order valence-corrected chi connectivity index (χ3v) is 9.50. The molecule has 1 N–H and O–H groups in total. The van der Waals surface area contributed by atoms with Gasteiger partial charge in [-0.3, -0.25) is 4.79 Å². The average Bonchev–Trinajstić information content (AvgIpc) is 2.82. The van der Waals surface area contributed by atoms with Gasteiger partial charge in [0.15, 0.2) is 0 Å². The molecule has 0 atom stereocenters. The second-order valence-electron chi connectivity index (χ2n) is 8.39. The Morgan fingerprint density at radius 2 is 1.53 bits per heavy atom. The van der Waals surface area contributed by atoms with Crippen LogP contribution in [0, 0.1) is 12.8 Å². The molecule has 186 valence electrons. The third-order valence-electron chi connectivity index (χ3n) is 5.76. The van der Waals surface area contributed by atoms with Gasteiger partial charge in [0, 0.05) is 33.1 Å². The van der Waals surface area contributed by atoms with E-state index in [9.17, 15) is 21.6 Å². The van der Waals surface area contributed by atoms with Crippen LogP contribution in [0.5, 0.6) is 5.75 Å². The Kier molecular flexibility index (Phi) is 8.34. The third kappa shape index (κ3) is 6.15. The molecule has 0 aliphatic carbocycles. The Labute approximate surface area is 201 Å². The van der Waals surface area contributed by atoms with Crippen LogP contribution in [-0.4, -0.2) is 71.7 Å². The van der Waals surface area contributed by atoms with Gasteiger partial charge in [-0.05, 0) is 56.2 Å². The lowest BCUT2D eigenvalue weighted by atomic mass is 9.97. The summed E-state index contributed by atoms with van der Waals surface area (Å²) >= 11 is 0. The van der Waals surface area contributed by atoms with Crippen molar-refractivity contribution in [2.24, 2.45) is 5.92 Å². The van der Waals surface area contributed by atoms with E-state index in [1.54, 1.807) is 36.4 Å². The fourth-order valence-corrected chi connectivity index (χ4v) is 6.00. The first-order valence-corrected chi connectivity index (χ1v) is 13.9. The number of carbonyl (C=O) groups is 1. The standard InChI is InChI=1S/C23H31N3O6S2/c1-18-4-8-22(9-5-18)34(30,31)26-15-12-19(13-16-26)23(27)24-14-17-32-20-6-10-21(11-7-20)33(28,29)25(2)3/h4-11,19H,12-17H2,1-3H3,(H,24,27). The van der Waals surface area contributed by atoms with Crippen LogP contribution in [0.3, 0.4) is 0 Å². The first kappa shape index (κ1) is 26.1. The summed E-state index contributed by atoms with van der Waals surface area (Å²) in [6, 6.07) is 12.9. The van der Waals surface area contributed by atoms with Crippen LogP contribution in [0.25, 0.3) is 0 Å². The van der Waals surface area contributed by atoms with Crippen molar-refractivity contribution >= 4 is 26.0 Å². The molecule has 1 aliphatic rings. The van der Waals surface area contributed by atoms with Gasteiger partial charge in [-0.25, -0.2) is 21.1 Å². The van der Waals surface area contributed by atoms with Crippen LogP contribution >= 0.6 is 0 Å². The Morgan fingerprint density at radius 3 is 2.09 bits per heavy atom. The Morgan fingerprint density at radius 1 is 0.971 bits per heavy atom. The number of benzene rings is 2. The van der Waals surface area contributed by atoms with Crippen LogP contribution in [0.1, 0.15) is 18.4 Å². The number of nitrogens with zero attached hydrogens (tertiary/aromatic N) is 2. The van der Waals surface area contributed by atoms with Gasteiger partial charge < -0.3 is 10.1 Å². The molecular weight excluding hydrogens is 478 g/mol. The van der Waals surface area contributed by atoms with Gasteiger partial charge in [0.05, 0.1) is 16.3 Å². The topological polar surface area (TPSA) is 113 Å². The number of amides is 1. The van der Waals surface area contributed by atoms with Gasteiger partial charge >= 0.3 is 0 Å². The minimum atomic E-state index is -3.56. The van der Waals surface area contributed by atoms with Gasteiger partial charge in [-0.15, -0.1) is 0 Å². The molecule has 0 spiro atoms. The predicted molar refractivity (Wildman–Crippen MR) is 128 cm³/mol. The zero-order valence-electron chi connectivity index (χ0n) is 19.6. The summed E-state index contributed by atoms with van der Waals surface area (Å²) in [4.78, 5) is 12.9. The largest absolute Gasteiger partial charge is 0.492 e. The number of rotatable bonds is 9. The Hall–Kier alpha value is -2.47. The number of hydrogen-bond acceptors (Lipinski definition) is 6. The van der Waals surface area contributed by atoms with E-state index in [1.807, 2.05) is 6.92 Å². The summed E-state index contributed by atoms with van der Waals surface area (Å²) in [6.07, 6.45) is 0.916. The lowest BCUT2D eigenvalue weighted by Gasteiger charge is -2.30. The molecule has 1 fully saturated rings. The molecule has 1 saturated heterocycles. The Balaban J connectivity index is 1.42. The van der Waals surface area contributed by atoms with Gasteiger partial charge in [0.2, 0.25) is 26.0 Å². The maximum Gasteiger partial charge on any atom is 0.243 e. The SMILES string of the molecule is Cc1ccc(S(=O)(=O)N2CCC(C(=O)NCCOc3ccc(S(=O)(=O)N(C)C)cc3)CC2)cc1. The average molecular weight is 510 g/mol. The van der Waals surface area contributed by atoms with E-state index in [2.05, 4.69) is 5.32 Å². The van der Waals surface area contributed by atoms with E-state index >= 15 is 0 Å². The number of carbonyl (C=O) groups excluding carboxylic acids is 1. The minimum absolute atomic E-state index is 0.122. The monoisotopic (exact) mass is 509 g/mol. The molecule has 1 heterocycles. The fourth-order valence-electron chi connectivity index (χ4n) is 3.62. The Bertz CT molecular complexity index is 1190. The highest BCUT2D eigenvalue weighted by Gasteiger charge is 2.31. The first-order valence-electron chi connectivity index (χ1n) is 11.0. The highest BCUT2D eigenvalue weighted by Crippen LogP contribution is 2.24. The number of ether oxygens (including phenoxy) is 1. The molecule has 1 aliphatic heterocycles. The van der Waals surface area contributed by atoms with E-state index in [0.717, 1.165) is 9.87 Å². The maximum atomic E-state index is 12.8. The number of sulfonamides is 2.